The lowest BCUT2D eigenvalue weighted by atomic mass is 10.3. The molecule has 7 atom stereocenters. The van der Waals surface area contributed by atoms with Crippen LogP contribution in [-0.2, 0) is 95.1 Å². The second-order valence-corrected chi connectivity index (χ2v) is 23.3. The van der Waals surface area contributed by atoms with E-state index in [0.717, 1.165) is 0 Å². The zero-order valence-corrected chi connectivity index (χ0v) is 43.3. The van der Waals surface area contributed by atoms with E-state index in [-0.39, 0.29) is 121 Å². The van der Waals surface area contributed by atoms with E-state index < -0.39 is 65.3 Å². The van der Waals surface area contributed by atoms with E-state index in [0.29, 0.717) is 0 Å². The molecule has 4 aromatic rings. The molecule has 3 saturated heterocycles. The second kappa shape index (κ2) is 29.4. The van der Waals surface area contributed by atoms with Gasteiger partial charge in [-0.15, -0.1) is 0 Å². The number of anilines is 4. The Morgan fingerprint density at radius 2 is 0.959 bits per heavy atom. The topological polar surface area (TPSA) is 454 Å². The van der Waals surface area contributed by atoms with E-state index in [1.54, 1.807) is 0 Å². The minimum atomic E-state index is -3.59. The molecule has 37 heteroatoms. The van der Waals surface area contributed by atoms with Crippen molar-refractivity contribution in [2.75, 3.05) is 103 Å². The largest absolute Gasteiger partial charge is 0.394 e. The van der Waals surface area contributed by atoms with Crippen molar-refractivity contribution in [3.8, 4) is 0 Å². The number of aromatic nitrogens is 8. The zero-order chi connectivity index (χ0) is 54.0. The van der Waals surface area contributed by atoms with Gasteiger partial charge in [-0.2, -0.15) is 19.9 Å². The summed E-state index contributed by atoms with van der Waals surface area (Å²) in [5.41, 5.74) is 19.5. The average Bonchev–Trinajstić information content (AvgIpc) is 3.36. The van der Waals surface area contributed by atoms with Gasteiger partial charge in [0.2, 0.25) is 0 Å². The summed E-state index contributed by atoms with van der Waals surface area (Å²) in [6.07, 6.45) is 3.09. The number of ether oxygens (including phenoxy) is 4. The first-order valence-corrected chi connectivity index (χ1v) is 28.0. The van der Waals surface area contributed by atoms with Crippen molar-refractivity contribution >= 4 is 53.7 Å². The first kappa shape index (κ1) is 63.4. The van der Waals surface area contributed by atoms with Crippen LogP contribution in [0.4, 0.5) is 23.3 Å². The van der Waals surface area contributed by atoms with Gasteiger partial charge in [0.25, 0.3) is 0 Å². The number of aliphatic hydroxyl groups is 1. The van der Waals surface area contributed by atoms with Gasteiger partial charge in [0.15, 0.2) is 0 Å². The smallest absolute Gasteiger partial charge is 0.355 e. The third-order valence-corrected chi connectivity index (χ3v) is 15.5. The molecule has 4 aromatic heterocycles. The zero-order valence-electron chi connectivity index (χ0n) is 39.7. The maximum atomic E-state index is 11.8. The molecule has 0 aromatic carbocycles. The Labute approximate surface area is 422 Å². The summed E-state index contributed by atoms with van der Waals surface area (Å²) in [5.74, 6) is 0.588. The Morgan fingerprint density at radius 3 is 1.23 bits per heavy atom. The molecule has 7 rings (SSSR count). The van der Waals surface area contributed by atoms with Crippen LogP contribution in [-0.4, -0.2) is 153 Å². The van der Waals surface area contributed by atoms with E-state index in [9.17, 15) is 42.5 Å². The highest BCUT2D eigenvalue weighted by molar-refractivity contribution is 7.54. The highest BCUT2D eigenvalue weighted by Gasteiger charge is 2.34. The standard InChI is InChI=1S/C10H18N3O6P.2C9H14N3O5P.C8H12N3O5P.CH4/c1-17-20(16,18-2)7-19-8(6-14)5-13-4-3-9(11)12-10(13)15;2*1-15-18(14)6-16-7(5-17-18)4-12-3-2-8(10)11-9(12)13;9-7-1-2-11(8(12)10-7)3-6-4-16-17(13,14)5-15-6;/h3-4,8,14H,5-7H2,1-2H3,(H2,11,12,15);2*2-3,7H,4-6H2,1H3,(H2,10,11,13);1-2,6H,3-5H2,(H,13,14)(H2,9,10,12);1H4/t8-;2*7-,18?;6-;/m0000./s1. The van der Waals surface area contributed by atoms with Crippen molar-refractivity contribution in [3.05, 3.63) is 91.0 Å². The lowest BCUT2D eigenvalue weighted by Crippen LogP contribution is -2.35. The number of nitrogen functional groups attached to an aromatic ring is 4. The molecular weight excluding hydrogens is 1070 g/mol. The normalized spacial score (nSPS) is 24.0. The summed E-state index contributed by atoms with van der Waals surface area (Å²) in [6.45, 7) is 0.548. The van der Waals surface area contributed by atoms with Crippen molar-refractivity contribution in [1.82, 2.24) is 38.2 Å². The van der Waals surface area contributed by atoms with Crippen molar-refractivity contribution < 1.29 is 78.9 Å². The number of hydrogen-bond acceptors (Lipinski definition) is 28. The van der Waals surface area contributed by atoms with Crippen LogP contribution in [0.15, 0.2) is 68.2 Å². The van der Waals surface area contributed by atoms with Gasteiger partial charge < -0.3 is 83.5 Å². The van der Waals surface area contributed by atoms with E-state index in [1.165, 1.54) is 95.8 Å². The average molecular weight is 1130 g/mol. The van der Waals surface area contributed by atoms with Crippen LogP contribution >= 0.6 is 30.4 Å². The first-order chi connectivity index (χ1) is 34.4. The molecule has 3 unspecified atom stereocenters. The first-order valence-electron chi connectivity index (χ1n) is 21.1. The highest BCUT2D eigenvalue weighted by Crippen LogP contribution is 2.51. The predicted octanol–water partition coefficient (Wildman–Crippen LogP) is -0.258. The number of rotatable bonds is 16. The van der Waals surface area contributed by atoms with E-state index in [2.05, 4.69) is 19.9 Å². The molecule has 7 heterocycles. The lowest BCUT2D eigenvalue weighted by molar-refractivity contribution is -0.0115. The quantitative estimate of drug-likeness (QED) is 0.0787. The van der Waals surface area contributed by atoms with E-state index >= 15 is 0 Å². The van der Waals surface area contributed by atoms with Crippen molar-refractivity contribution in [2.45, 2.75) is 58.0 Å². The van der Waals surface area contributed by atoms with Crippen LogP contribution in [0.25, 0.3) is 0 Å². The summed E-state index contributed by atoms with van der Waals surface area (Å²) in [4.78, 5) is 69.3. The Kier molecular flexibility index (Phi) is 25.2. The summed E-state index contributed by atoms with van der Waals surface area (Å²) < 4.78 is 106. The molecule has 3 aliphatic heterocycles. The molecule has 3 fully saturated rings. The molecule has 0 radical (unpaired) electrons. The third kappa shape index (κ3) is 20.7. The summed E-state index contributed by atoms with van der Waals surface area (Å²) in [6, 6.07) is 5.98. The minimum Gasteiger partial charge on any atom is -0.394 e. The van der Waals surface area contributed by atoms with Crippen LogP contribution in [0.2, 0.25) is 0 Å². The number of aliphatic hydroxyl groups excluding tert-OH is 1. The number of nitrogens with two attached hydrogens (primary N) is 4. The van der Waals surface area contributed by atoms with Crippen molar-refractivity contribution in [1.29, 1.82) is 0 Å². The summed E-state index contributed by atoms with van der Waals surface area (Å²) in [5, 5.41) is 9.22. The maximum Gasteiger partial charge on any atom is 0.355 e. The van der Waals surface area contributed by atoms with Gasteiger partial charge in [0.05, 0.1) is 58.7 Å². The van der Waals surface area contributed by atoms with Gasteiger partial charge in [-0.05, 0) is 24.3 Å². The molecule has 10 N–H and O–H groups in total. The van der Waals surface area contributed by atoms with Crippen LogP contribution in [0.3, 0.4) is 0 Å². The van der Waals surface area contributed by atoms with E-state index in [4.69, 9.17) is 78.4 Å². The third-order valence-electron chi connectivity index (χ3n) is 9.76. The predicted molar refractivity (Wildman–Crippen MR) is 263 cm³/mol. The SMILES string of the molecule is C.COP(=O)(CO[C@H](CO)Cn1ccc(N)nc1=O)OC.COP1(=O)CO[C@@H](Cn2ccc(N)nc2=O)CO1.COP1(=O)CO[C@@H](Cn2ccc(N)nc2=O)CO1.Nc1ccn(C[C@H]2COP(=O)(O)CO2)c(=O)n1. The lowest BCUT2D eigenvalue weighted by Gasteiger charge is -2.28. The van der Waals surface area contributed by atoms with Gasteiger partial charge >= 0.3 is 53.1 Å². The fourth-order valence-electron chi connectivity index (χ4n) is 5.71. The van der Waals surface area contributed by atoms with Crippen LogP contribution < -0.4 is 45.7 Å². The van der Waals surface area contributed by atoms with Gasteiger partial charge in [-0.3, -0.25) is 36.5 Å². The Morgan fingerprint density at radius 1 is 0.622 bits per heavy atom. The van der Waals surface area contributed by atoms with Gasteiger partial charge in [-0.1, -0.05) is 7.43 Å². The molecule has 0 aliphatic carbocycles. The van der Waals surface area contributed by atoms with Crippen molar-refractivity contribution in [3.63, 3.8) is 0 Å². The molecule has 0 amide bonds. The maximum absolute atomic E-state index is 11.8. The molecule has 33 nitrogen and oxygen atoms in total. The molecule has 0 bridgehead atoms. The molecule has 3 aliphatic rings. The van der Waals surface area contributed by atoms with Crippen LogP contribution in [0, 0.1) is 0 Å². The molecular formula is C37H62N12O21P4. The molecule has 0 saturated carbocycles. The monoisotopic (exact) mass is 1130 g/mol. The Bertz CT molecular complexity index is 2730. The Balaban J connectivity index is 0.000000259. The van der Waals surface area contributed by atoms with Crippen LogP contribution in [0.1, 0.15) is 7.43 Å². The van der Waals surface area contributed by atoms with Gasteiger partial charge in [0, 0.05) is 53.2 Å². The highest BCUT2D eigenvalue weighted by atomic mass is 31.2. The molecule has 0 spiro atoms. The fraction of sp³-hybridized carbons (Fsp3) is 0.568. The van der Waals surface area contributed by atoms with Crippen molar-refractivity contribution in [2.24, 2.45) is 0 Å². The Hall–Kier alpha value is -4.88. The number of nitrogens with zero attached hydrogens (tertiary/aromatic N) is 8. The molecule has 74 heavy (non-hydrogen) atoms. The van der Waals surface area contributed by atoms with Gasteiger partial charge in [0.1, 0.15) is 67.0 Å². The second-order valence-electron chi connectivity index (χ2n) is 15.1. The minimum absolute atomic E-state index is 0. The summed E-state index contributed by atoms with van der Waals surface area (Å²) in [7, 11) is -8.05. The molecule has 416 valence electrons. The van der Waals surface area contributed by atoms with E-state index in [1.807, 2.05) is 0 Å². The number of hydrogen-bond donors (Lipinski definition) is 6. The fourth-order valence-corrected chi connectivity index (χ4v) is 9.48. The van der Waals surface area contributed by atoms with Gasteiger partial charge in [-0.25, -0.2) is 19.2 Å². The summed E-state index contributed by atoms with van der Waals surface area (Å²) >= 11 is 0. The van der Waals surface area contributed by atoms with Crippen LogP contribution in [0.5, 0.6) is 0 Å².